The quantitative estimate of drug-likeness (QED) is 0.289. The van der Waals surface area contributed by atoms with Gasteiger partial charge in [-0.15, -0.1) is 11.3 Å². The molecule has 4 aromatic rings. The number of carbonyl (C=O) groups is 1. The molecule has 1 amide bonds. The predicted octanol–water partition coefficient (Wildman–Crippen LogP) is 6.87. The number of nitrogens with zero attached hydrogens (tertiary/aromatic N) is 3. The number of nitrogens with one attached hydrogen (secondary N) is 1. The number of rotatable bonds is 5. The fourth-order valence-electron chi connectivity index (χ4n) is 3.03. The Labute approximate surface area is 207 Å². The van der Waals surface area contributed by atoms with Gasteiger partial charge in [0.2, 0.25) is 10.7 Å². The van der Waals surface area contributed by atoms with E-state index in [0.29, 0.717) is 31.8 Å². The Morgan fingerprint density at radius 2 is 1.82 bits per heavy atom. The Balaban J connectivity index is 1.81. The van der Waals surface area contributed by atoms with E-state index >= 15 is 0 Å². The van der Waals surface area contributed by atoms with Gasteiger partial charge in [-0.3, -0.25) is 4.79 Å². The molecular formula is C24H16Cl2F2N4OS. The summed E-state index contributed by atoms with van der Waals surface area (Å²) in [5.41, 5.74) is 2.64. The molecule has 172 valence electrons. The summed E-state index contributed by atoms with van der Waals surface area (Å²) in [6.45, 7) is 1.43. The number of carbonyl (C=O) groups excluding carboxylic acids is 1. The molecule has 0 saturated heterocycles. The number of benzene rings is 3. The van der Waals surface area contributed by atoms with Crippen LogP contribution in [0.4, 0.5) is 20.2 Å². The van der Waals surface area contributed by atoms with Crippen LogP contribution >= 0.6 is 34.5 Å². The molecule has 4 rings (SSSR count). The molecule has 0 atom stereocenters. The first-order valence-electron chi connectivity index (χ1n) is 9.88. The molecule has 3 aromatic carbocycles. The number of thiazole rings is 1. The second kappa shape index (κ2) is 10.3. The smallest absolute Gasteiger partial charge is 0.221 e. The van der Waals surface area contributed by atoms with E-state index in [-0.39, 0.29) is 11.6 Å². The van der Waals surface area contributed by atoms with Crippen molar-refractivity contribution in [2.24, 2.45) is 10.1 Å². The van der Waals surface area contributed by atoms with Crippen molar-refractivity contribution in [2.45, 2.75) is 6.92 Å². The van der Waals surface area contributed by atoms with E-state index in [1.165, 1.54) is 29.0 Å². The average molecular weight is 517 g/mol. The van der Waals surface area contributed by atoms with Crippen molar-refractivity contribution in [3.8, 4) is 11.3 Å². The summed E-state index contributed by atoms with van der Waals surface area (Å²) in [6.07, 6.45) is 1.59. The van der Waals surface area contributed by atoms with Gasteiger partial charge < -0.3 is 5.32 Å². The molecule has 0 aliphatic heterocycles. The van der Waals surface area contributed by atoms with Crippen LogP contribution < -0.4 is 10.1 Å². The van der Waals surface area contributed by atoms with E-state index in [4.69, 9.17) is 23.2 Å². The second-order valence-corrected chi connectivity index (χ2v) is 8.77. The van der Waals surface area contributed by atoms with Crippen LogP contribution in [0.5, 0.6) is 0 Å². The minimum Gasteiger partial charge on any atom is -0.326 e. The maximum Gasteiger partial charge on any atom is 0.221 e. The van der Waals surface area contributed by atoms with Gasteiger partial charge in [0.1, 0.15) is 11.5 Å². The van der Waals surface area contributed by atoms with Crippen molar-refractivity contribution in [1.82, 2.24) is 4.68 Å². The monoisotopic (exact) mass is 516 g/mol. The van der Waals surface area contributed by atoms with Crippen LogP contribution in [0, 0.1) is 11.6 Å². The highest BCUT2D eigenvalue weighted by atomic mass is 35.5. The lowest BCUT2D eigenvalue weighted by molar-refractivity contribution is -0.114. The van der Waals surface area contributed by atoms with Crippen LogP contribution in [0.1, 0.15) is 12.5 Å². The summed E-state index contributed by atoms with van der Waals surface area (Å²) in [6, 6.07) is 15.3. The van der Waals surface area contributed by atoms with E-state index in [1.54, 1.807) is 54.1 Å². The zero-order chi connectivity index (χ0) is 24.2. The molecule has 1 heterocycles. The Morgan fingerprint density at radius 1 is 1.06 bits per heavy atom. The van der Waals surface area contributed by atoms with E-state index in [1.807, 2.05) is 0 Å². The fraction of sp³-hybridized carbons (Fsp3) is 0.0417. The Kier molecular flexibility index (Phi) is 7.21. The van der Waals surface area contributed by atoms with Crippen LogP contribution in [0.25, 0.3) is 11.3 Å². The molecule has 1 N–H and O–H groups in total. The number of hydrogen-bond donors (Lipinski definition) is 1. The van der Waals surface area contributed by atoms with Crippen molar-refractivity contribution in [2.75, 3.05) is 5.32 Å². The lowest BCUT2D eigenvalue weighted by Crippen LogP contribution is -2.12. The molecule has 0 aliphatic carbocycles. The summed E-state index contributed by atoms with van der Waals surface area (Å²) in [5, 5.41) is 9.92. The molecule has 0 unspecified atom stereocenters. The Bertz CT molecular complexity index is 1460. The summed E-state index contributed by atoms with van der Waals surface area (Å²) in [7, 11) is 0. The van der Waals surface area contributed by atoms with E-state index in [9.17, 15) is 13.6 Å². The van der Waals surface area contributed by atoms with Gasteiger partial charge in [0.25, 0.3) is 0 Å². The number of anilines is 1. The van der Waals surface area contributed by atoms with Crippen LogP contribution in [0.3, 0.4) is 0 Å². The third-order valence-electron chi connectivity index (χ3n) is 4.57. The lowest BCUT2D eigenvalue weighted by Gasteiger charge is -2.07. The molecule has 0 radical (unpaired) electrons. The van der Waals surface area contributed by atoms with Crippen molar-refractivity contribution in [3.63, 3.8) is 0 Å². The van der Waals surface area contributed by atoms with E-state index in [0.717, 1.165) is 17.7 Å². The van der Waals surface area contributed by atoms with Crippen molar-refractivity contribution < 1.29 is 13.6 Å². The lowest BCUT2D eigenvalue weighted by atomic mass is 10.2. The van der Waals surface area contributed by atoms with Crippen molar-refractivity contribution in [3.05, 3.63) is 98.1 Å². The topological polar surface area (TPSA) is 58.8 Å². The summed E-state index contributed by atoms with van der Waals surface area (Å²) in [4.78, 5) is 15.9. The highest BCUT2D eigenvalue weighted by Gasteiger charge is 2.12. The fourth-order valence-corrected chi connectivity index (χ4v) is 4.37. The first-order valence-corrected chi connectivity index (χ1v) is 11.5. The Morgan fingerprint density at radius 3 is 2.50 bits per heavy atom. The van der Waals surface area contributed by atoms with E-state index < -0.39 is 11.6 Å². The van der Waals surface area contributed by atoms with Crippen LogP contribution in [-0.4, -0.2) is 16.8 Å². The summed E-state index contributed by atoms with van der Waals surface area (Å²) < 4.78 is 29.1. The van der Waals surface area contributed by atoms with Crippen molar-refractivity contribution >= 4 is 58.0 Å². The maximum absolute atomic E-state index is 14.2. The van der Waals surface area contributed by atoms with Gasteiger partial charge >= 0.3 is 0 Å². The summed E-state index contributed by atoms with van der Waals surface area (Å²) in [5.74, 6) is -1.65. The molecular weight excluding hydrogens is 501 g/mol. The zero-order valence-electron chi connectivity index (χ0n) is 17.6. The van der Waals surface area contributed by atoms with Gasteiger partial charge in [-0.05, 0) is 48.0 Å². The first-order chi connectivity index (χ1) is 16.3. The van der Waals surface area contributed by atoms with Crippen LogP contribution in [0.15, 0.2) is 76.1 Å². The highest BCUT2D eigenvalue weighted by Crippen LogP contribution is 2.31. The van der Waals surface area contributed by atoms with Crippen LogP contribution in [-0.2, 0) is 4.79 Å². The van der Waals surface area contributed by atoms with Gasteiger partial charge in [-0.1, -0.05) is 35.3 Å². The first kappa shape index (κ1) is 23.8. The Hall–Kier alpha value is -3.33. The minimum absolute atomic E-state index is 0.0272. The molecule has 0 saturated carbocycles. The SMILES string of the molecule is CC(=O)Nc1ccc(C=Nn2c(-c3ccc(Cl)cc3Cl)csc2=Nc2ccc(F)cc2F)cc1. The van der Waals surface area contributed by atoms with Gasteiger partial charge in [-0.25, -0.2) is 18.4 Å². The third kappa shape index (κ3) is 5.59. The normalized spacial score (nSPS) is 11.9. The second-order valence-electron chi connectivity index (χ2n) is 7.09. The number of halogens is 4. The standard InChI is InChI=1S/C24H16Cl2F2N4OS/c1-14(33)30-18-6-2-15(3-7-18)12-29-32-23(19-8-4-16(25)10-20(19)26)13-34-24(32)31-22-9-5-17(27)11-21(22)28/h2-13H,1H3,(H,30,33). The third-order valence-corrected chi connectivity index (χ3v) is 5.94. The minimum atomic E-state index is -0.788. The van der Waals surface area contributed by atoms with Crippen LogP contribution in [0.2, 0.25) is 10.0 Å². The molecule has 10 heteroatoms. The van der Waals surface area contributed by atoms with Gasteiger partial charge in [0.15, 0.2) is 5.82 Å². The number of amides is 1. The number of aromatic nitrogens is 1. The highest BCUT2D eigenvalue weighted by molar-refractivity contribution is 7.07. The van der Waals surface area contributed by atoms with Crippen molar-refractivity contribution in [1.29, 1.82) is 0 Å². The predicted molar refractivity (Wildman–Crippen MR) is 133 cm³/mol. The zero-order valence-corrected chi connectivity index (χ0v) is 19.9. The number of hydrogen-bond acceptors (Lipinski definition) is 4. The van der Waals surface area contributed by atoms with Gasteiger partial charge in [0, 0.05) is 34.6 Å². The maximum atomic E-state index is 14.2. The molecule has 1 aromatic heterocycles. The molecule has 0 fully saturated rings. The van der Waals surface area contributed by atoms with Gasteiger partial charge in [-0.2, -0.15) is 5.10 Å². The molecule has 0 bridgehead atoms. The molecule has 5 nitrogen and oxygen atoms in total. The van der Waals surface area contributed by atoms with Gasteiger partial charge in [0.05, 0.1) is 16.9 Å². The largest absolute Gasteiger partial charge is 0.326 e. The average Bonchev–Trinajstić information content (AvgIpc) is 3.17. The van der Waals surface area contributed by atoms with E-state index in [2.05, 4.69) is 15.4 Å². The molecule has 0 aliphatic rings. The summed E-state index contributed by atoms with van der Waals surface area (Å²) >= 11 is 13.7. The molecule has 34 heavy (non-hydrogen) atoms. The molecule has 0 spiro atoms.